The van der Waals surface area contributed by atoms with Crippen molar-refractivity contribution in [3.8, 4) is 11.4 Å². The molecule has 0 unspecified atom stereocenters. The van der Waals surface area contributed by atoms with Crippen LogP contribution in [0.3, 0.4) is 0 Å². The van der Waals surface area contributed by atoms with Gasteiger partial charge in [0.15, 0.2) is 0 Å². The molecule has 0 atom stereocenters. The summed E-state index contributed by atoms with van der Waals surface area (Å²) in [5.41, 5.74) is 4.00. The van der Waals surface area contributed by atoms with Gasteiger partial charge in [-0.05, 0) is 37.4 Å². The fraction of sp³-hybridized carbons (Fsp3) is 0.350. The summed E-state index contributed by atoms with van der Waals surface area (Å²) < 4.78 is 5.38. The normalized spacial score (nSPS) is 15.3. The Bertz CT molecular complexity index is 907. The number of hydrogen-bond acceptors (Lipinski definition) is 6. The molecule has 1 amide bonds. The standard InChI is InChI=1S/C20H22N4O2S/c1-14-9-15(2)11-17(10-14)20(25)24-6-4-23(5-7-24)12-18-21-19(22-26-18)16-3-8-27-13-16/h3,8-11,13H,4-7,12H2,1-2H3. The van der Waals surface area contributed by atoms with Gasteiger partial charge < -0.3 is 9.42 Å². The number of piperazine rings is 1. The van der Waals surface area contributed by atoms with Crippen molar-refractivity contribution < 1.29 is 9.32 Å². The van der Waals surface area contributed by atoms with Crippen LogP contribution in [0.2, 0.25) is 0 Å². The Morgan fingerprint density at radius 2 is 1.89 bits per heavy atom. The van der Waals surface area contributed by atoms with E-state index in [1.165, 1.54) is 0 Å². The van der Waals surface area contributed by atoms with E-state index in [-0.39, 0.29) is 5.91 Å². The van der Waals surface area contributed by atoms with E-state index in [2.05, 4.69) is 21.1 Å². The number of thiophene rings is 1. The van der Waals surface area contributed by atoms with E-state index >= 15 is 0 Å². The Hall–Kier alpha value is -2.51. The summed E-state index contributed by atoms with van der Waals surface area (Å²) in [6, 6.07) is 8.00. The highest BCUT2D eigenvalue weighted by Gasteiger charge is 2.23. The first-order valence-electron chi connectivity index (χ1n) is 9.03. The molecule has 6 nitrogen and oxygen atoms in total. The molecule has 1 aliphatic rings. The number of carbonyl (C=O) groups excluding carboxylic acids is 1. The lowest BCUT2D eigenvalue weighted by Crippen LogP contribution is -2.48. The summed E-state index contributed by atoms with van der Waals surface area (Å²) in [4.78, 5) is 21.4. The molecule has 1 fully saturated rings. The molecule has 1 aliphatic heterocycles. The fourth-order valence-electron chi connectivity index (χ4n) is 3.41. The lowest BCUT2D eigenvalue weighted by atomic mass is 10.1. The molecule has 0 N–H and O–H groups in total. The van der Waals surface area contributed by atoms with Gasteiger partial charge in [0.2, 0.25) is 11.7 Å². The van der Waals surface area contributed by atoms with Gasteiger partial charge in [0.1, 0.15) is 0 Å². The highest BCUT2D eigenvalue weighted by atomic mass is 32.1. The van der Waals surface area contributed by atoms with Crippen molar-refractivity contribution in [2.45, 2.75) is 20.4 Å². The van der Waals surface area contributed by atoms with E-state index in [0.29, 0.717) is 31.3 Å². The van der Waals surface area contributed by atoms with Crippen LogP contribution in [0.15, 0.2) is 39.5 Å². The van der Waals surface area contributed by atoms with Gasteiger partial charge in [-0.1, -0.05) is 22.3 Å². The molecular weight excluding hydrogens is 360 g/mol. The van der Waals surface area contributed by atoms with Gasteiger partial charge in [0, 0.05) is 42.7 Å². The third-order valence-electron chi connectivity index (χ3n) is 4.73. The number of nitrogens with zero attached hydrogens (tertiary/aromatic N) is 4. The van der Waals surface area contributed by atoms with Gasteiger partial charge in [-0.25, -0.2) is 0 Å². The van der Waals surface area contributed by atoms with Gasteiger partial charge in [-0.3, -0.25) is 9.69 Å². The van der Waals surface area contributed by atoms with Crippen molar-refractivity contribution >= 4 is 17.2 Å². The fourth-order valence-corrected chi connectivity index (χ4v) is 4.04. The molecule has 0 radical (unpaired) electrons. The topological polar surface area (TPSA) is 62.5 Å². The number of aromatic nitrogens is 2. The Kier molecular flexibility index (Phi) is 5.05. The molecule has 1 saturated heterocycles. The second-order valence-corrected chi connectivity index (χ2v) is 7.75. The molecule has 0 bridgehead atoms. The Morgan fingerprint density at radius 1 is 1.15 bits per heavy atom. The highest BCUT2D eigenvalue weighted by Crippen LogP contribution is 2.19. The molecular formula is C20H22N4O2S. The van der Waals surface area contributed by atoms with Gasteiger partial charge in [-0.2, -0.15) is 16.3 Å². The quantitative estimate of drug-likeness (QED) is 0.692. The second kappa shape index (κ2) is 7.62. The molecule has 3 aromatic rings. The SMILES string of the molecule is Cc1cc(C)cc(C(=O)N2CCN(Cc3nc(-c4ccsc4)no3)CC2)c1. The lowest BCUT2D eigenvalue weighted by Gasteiger charge is -2.34. The average Bonchev–Trinajstić information content (AvgIpc) is 3.32. The molecule has 2 aromatic heterocycles. The van der Waals surface area contributed by atoms with E-state index in [4.69, 9.17) is 4.52 Å². The molecule has 4 rings (SSSR count). The van der Waals surface area contributed by atoms with E-state index in [1.54, 1.807) is 11.3 Å². The molecule has 7 heteroatoms. The first-order chi connectivity index (χ1) is 13.1. The monoisotopic (exact) mass is 382 g/mol. The largest absolute Gasteiger partial charge is 0.338 e. The zero-order chi connectivity index (χ0) is 18.8. The van der Waals surface area contributed by atoms with Gasteiger partial charge in [0.05, 0.1) is 6.54 Å². The van der Waals surface area contributed by atoms with E-state index < -0.39 is 0 Å². The number of carbonyl (C=O) groups is 1. The van der Waals surface area contributed by atoms with Crippen molar-refractivity contribution in [3.05, 3.63) is 57.6 Å². The maximum absolute atomic E-state index is 12.8. The number of rotatable bonds is 4. The molecule has 27 heavy (non-hydrogen) atoms. The second-order valence-electron chi connectivity index (χ2n) is 6.97. The maximum Gasteiger partial charge on any atom is 0.253 e. The van der Waals surface area contributed by atoms with Crippen LogP contribution in [-0.2, 0) is 6.54 Å². The zero-order valence-corrected chi connectivity index (χ0v) is 16.3. The molecule has 3 heterocycles. The first kappa shape index (κ1) is 17.9. The molecule has 0 saturated carbocycles. The Balaban J connectivity index is 1.34. The summed E-state index contributed by atoms with van der Waals surface area (Å²) in [7, 11) is 0. The predicted molar refractivity (Wildman–Crippen MR) is 105 cm³/mol. The Labute approximate surface area is 162 Å². The Morgan fingerprint density at radius 3 is 2.56 bits per heavy atom. The maximum atomic E-state index is 12.8. The zero-order valence-electron chi connectivity index (χ0n) is 15.5. The van der Waals surface area contributed by atoms with Gasteiger partial charge in [-0.15, -0.1) is 0 Å². The van der Waals surface area contributed by atoms with Crippen LogP contribution in [0.25, 0.3) is 11.4 Å². The number of benzene rings is 1. The van der Waals surface area contributed by atoms with Gasteiger partial charge >= 0.3 is 0 Å². The summed E-state index contributed by atoms with van der Waals surface area (Å²) in [5, 5.41) is 8.06. The van der Waals surface area contributed by atoms with Crippen LogP contribution in [-0.4, -0.2) is 52.0 Å². The molecule has 140 valence electrons. The third-order valence-corrected chi connectivity index (χ3v) is 5.42. The van der Waals surface area contributed by atoms with Crippen molar-refractivity contribution in [2.24, 2.45) is 0 Å². The summed E-state index contributed by atoms with van der Waals surface area (Å²) >= 11 is 1.61. The minimum atomic E-state index is 0.110. The van der Waals surface area contributed by atoms with Crippen LogP contribution < -0.4 is 0 Å². The summed E-state index contributed by atoms with van der Waals surface area (Å²) in [6.45, 7) is 7.67. The third kappa shape index (κ3) is 4.09. The number of amides is 1. The smallest absolute Gasteiger partial charge is 0.253 e. The first-order valence-corrected chi connectivity index (χ1v) is 9.98. The lowest BCUT2D eigenvalue weighted by molar-refractivity contribution is 0.0615. The van der Waals surface area contributed by atoms with Crippen molar-refractivity contribution in [1.29, 1.82) is 0 Å². The van der Waals surface area contributed by atoms with Crippen LogP contribution in [0.5, 0.6) is 0 Å². The number of hydrogen-bond donors (Lipinski definition) is 0. The van der Waals surface area contributed by atoms with Crippen LogP contribution in [0.4, 0.5) is 0 Å². The van der Waals surface area contributed by atoms with Crippen molar-refractivity contribution in [3.63, 3.8) is 0 Å². The average molecular weight is 382 g/mol. The van der Waals surface area contributed by atoms with E-state index in [0.717, 1.165) is 35.3 Å². The van der Waals surface area contributed by atoms with E-state index in [9.17, 15) is 4.79 Å². The van der Waals surface area contributed by atoms with Crippen molar-refractivity contribution in [2.75, 3.05) is 26.2 Å². The number of aryl methyl sites for hydroxylation is 2. The van der Waals surface area contributed by atoms with Crippen LogP contribution in [0.1, 0.15) is 27.4 Å². The molecule has 0 spiro atoms. The predicted octanol–water partition coefficient (Wildman–Crippen LogP) is 3.37. The van der Waals surface area contributed by atoms with Crippen molar-refractivity contribution in [1.82, 2.24) is 19.9 Å². The summed E-state index contributed by atoms with van der Waals surface area (Å²) in [6.07, 6.45) is 0. The van der Waals surface area contributed by atoms with Crippen LogP contribution in [0, 0.1) is 13.8 Å². The van der Waals surface area contributed by atoms with E-state index in [1.807, 2.05) is 47.7 Å². The molecule has 0 aliphatic carbocycles. The molecule has 1 aromatic carbocycles. The van der Waals surface area contributed by atoms with Gasteiger partial charge in [0.25, 0.3) is 5.91 Å². The summed E-state index contributed by atoms with van der Waals surface area (Å²) in [5.74, 6) is 1.36. The van der Waals surface area contributed by atoms with Crippen LogP contribution >= 0.6 is 11.3 Å². The minimum Gasteiger partial charge on any atom is -0.338 e. The minimum absolute atomic E-state index is 0.110. The highest BCUT2D eigenvalue weighted by molar-refractivity contribution is 7.08.